The van der Waals surface area contributed by atoms with Gasteiger partial charge in [-0.05, 0) is 0 Å². The second kappa shape index (κ2) is 5.18. The molecule has 0 rings (SSSR count). The minimum absolute atomic E-state index is 1.24. The van der Waals surface area contributed by atoms with E-state index in [-0.39, 0.29) is 0 Å². The first-order chi connectivity index (χ1) is 8.61. The monoisotopic (exact) mass is 193 g/mol. The third-order valence-electron chi connectivity index (χ3n) is 0.998. The van der Waals surface area contributed by atoms with Crippen LogP contribution in [0.1, 0.15) is 5.48 Å². The average molecular weight is 193 g/mol. The topological polar surface area (TPSA) is 118 Å². The molecular formula is C6H12O6. The first-order valence-electron chi connectivity index (χ1n) is 6.06. The molecule has 0 aliphatic heterocycles. The van der Waals surface area contributed by atoms with Crippen LogP contribution in [0.2, 0.25) is 0 Å². The number of hydrogen-bond acceptors (Lipinski definition) is 6. The number of hydrogen-bond donors (Lipinski definition) is 5. The zero-order chi connectivity index (χ0) is 15.5. The molecule has 0 fully saturated rings. The summed E-state index contributed by atoms with van der Waals surface area (Å²) in [7, 11) is 0. The highest BCUT2D eigenvalue weighted by Crippen LogP contribution is 2.02. The van der Waals surface area contributed by atoms with Gasteiger partial charge in [0.15, 0.2) is 6.26 Å². The number of aliphatic hydroxyl groups excluding tert-OH is 2. The van der Waals surface area contributed by atoms with Crippen molar-refractivity contribution in [2.24, 2.45) is 0 Å². The Morgan fingerprint density at radius 2 is 2.17 bits per heavy atom. The summed E-state index contributed by atoms with van der Waals surface area (Å²) in [4.78, 5) is 11.0. The van der Waals surface area contributed by atoms with Crippen LogP contribution in [0.15, 0.2) is 0 Å². The van der Waals surface area contributed by atoms with E-state index in [1.807, 2.05) is 0 Å². The van der Waals surface area contributed by atoms with Crippen molar-refractivity contribution in [1.29, 1.82) is 4.29 Å². The Morgan fingerprint density at radius 1 is 1.50 bits per heavy atom. The number of rotatable bonds is 8. The molecule has 0 aromatic rings. The zero-order valence-electron chi connectivity index (χ0n) is 12.8. The zero-order valence-corrected chi connectivity index (χ0v) is 5.81. The van der Waals surface area contributed by atoms with Crippen molar-refractivity contribution < 1.29 is 35.8 Å². The third kappa shape index (κ3) is 2.84. The van der Waals surface area contributed by atoms with E-state index in [9.17, 15) is 9.90 Å². The van der Waals surface area contributed by atoms with Gasteiger partial charge >= 0.3 is 0 Å². The molecule has 0 bridgehead atoms. The van der Waals surface area contributed by atoms with Crippen LogP contribution in [0.4, 0.5) is 0 Å². The molecule has 0 saturated heterocycles. The maximum Gasteiger partial charge on any atom is 0.211 e. The van der Waals surface area contributed by atoms with Crippen molar-refractivity contribution >= 4 is 6.26 Å². The van der Waals surface area contributed by atoms with Gasteiger partial charge in [-0.1, -0.05) is 0 Å². The first kappa shape index (κ1) is 4.12. The van der Waals surface area contributed by atoms with Gasteiger partial charge in [-0.2, -0.15) is 0 Å². The van der Waals surface area contributed by atoms with E-state index < -0.39 is 37.2 Å². The number of carbonyl (C=O) groups excluding carboxylic acids is 1. The van der Waals surface area contributed by atoms with Crippen LogP contribution >= 0.6 is 0 Å². The average Bonchev–Trinajstić information content (AvgIpc) is 2.42. The molecule has 0 aliphatic carbocycles. The summed E-state index contributed by atoms with van der Waals surface area (Å²) in [6.07, 6.45) is -15.0. The van der Waals surface area contributed by atoms with Gasteiger partial charge in [0.25, 0.3) is 0 Å². The minimum atomic E-state index is -3.62. The summed E-state index contributed by atoms with van der Waals surface area (Å²) in [5.41, 5.74) is 0. The van der Waals surface area contributed by atoms with E-state index in [2.05, 4.69) is 15.3 Å². The van der Waals surface area contributed by atoms with E-state index in [0.717, 1.165) is 0 Å². The minimum Gasteiger partial charge on any atom is -0.394 e. The van der Waals surface area contributed by atoms with Crippen LogP contribution in [0.5, 0.6) is 0 Å². The molecule has 0 aliphatic rings. The van der Waals surface area contributed by atoms with Crippen LogP contribution in [0, 0.1) is 0 Å². The second-order valence-corrected chi connectivity index (χ2v) is 1.82. The molecule has 0 saturated carbocycles. The van der Waals surface area contributed by atoms with E-state index in [0.29, 0.717) is 0 Å². The predicted molar refractivity (Wildman–Crippen MR) is 37.2 cm³/mol. The molecule has 0 heterocycles. The largest absolute Gasteiger partial charge is 0.394 e. The highest BCUT2D eigenvalue weighted by atomic mass is 16.6. The Labute approximate surface area is 78.8 Å². The molecular weight excluding hydrogens is 174 g/mol. The fraction of sp³-hybridized carbons (Fsp3) is 0.833. The van der Waals surface area contributed by atoms with Gasteiger partial charge in [0, 0.05) is 0 Å². The quantitative estimate of drug-likeness (QED) is 0.203. The van der Waals surface area contributed by atoms with Crippen molar-refractivity contribution in [3.8, 4) is 0 Å². The van der Waals surface area contributed by atoms with Gasteiger partial charge in [-0.3, -0.25) is 0 Å². The van der Waals surface area contributed by atoms with E-state index in [1.54, 1.807) is 0 Å². The molecule has 0 aromatic carbocycles. The predicted octanol–water partition coefficient (Wildman–Crippen LogP) is -3.38. The molecule has 0 spiro atoms. The molecule has 6 heteroatoms. The summed E-state index contributed by atoms with van der Waals surface area (Å²) in [5, 5.41) is 29.0. The molecule has 5 N–H and O–H groups in total. The summed E-state index contributed by atoms with van der Waals surface area (Å²) < 4.78 is 49.0. The third-order valence-corrected chi connectivity index (χ3v) is 0.998. The summed E-state index contributed by atoms with van der Waals surface area (Å²) in [6.45, 7) is -1.24. The molecule has 4 atom stereocenters. The highest BCUT2D eigenvalue weighted by Gasteiger charge is 2.29. The lowest BCUT2D eigenvalue weighted by Gasteiger charge is -2.22. The van der Waals surface area contributed by atoms with Gasteiger partial charge in [-0.25, -0.2) is 0 Å². The molecule has 0 radical (unpaired) electrons. The molecule has 6 nitrogen and oxygen atoms in total. The lowest BCUT2D eigenvalue weighted by Crippen LogP contribution is -2.46. The van der Waals surface area contributed by atoms with Crippen molar-refractivity contribution in [1.82, 2.24) is 0 Å². The Hall–Kier alpha value is -0.530. The van der Waals surface area contributed by atoms with Crippen molar-refractivity contribution in [3.63, 3.8) is 0 Å². The van der Waals surface area contributed by atoms with Crippen LogP contribution in [-0.4, -0.2) is 67.0 Å². The van der Waals surface area contributed by atoms with Crippen molar-refractivity contribution in [2.45, 2.75) is 24.3 Å². The molecule has 12 heavy (non-hydrogen) atoms. The van der Waals surface area contributed by atoms with E-state index >= 15 is 0 Å². The fourth-order valence-corrected chi connectivity index (χ4v) is 0.392. The summed E-state index contributed by atoms with van der Waals surface area (Å²) >= 11 is 0. The van der Waals surface area contributed by atoms with Gasteiger partial charge in [-0.15, -0.1) is 0 Å². The normalized spacial score (nSPS) is 37.0. The van der Waals surface area contributed by atoms with Gasteiger partial charge < -0.3 is 30.3 Å². The SMILES string of the molecule is [2H]O[13C]([2H])([13C]([2H])=O)[13C]([2H])(O[2H])[13C]([2H])(O[2H])[13C@H](O)[13CH2]O. The van der Waals surface area contributed by atoms with E-state index in [1.165, 1.54) is 0 Å². The van der Waals surface area contributed by atoms with Gasteiger partial charge in [0.2, 0.25) is 4.29 Å². The van der Waals surface area contributed by atoms with E-state index in [4.69, 9.17) is 14.9 Å². The Balaban J connectivity index is 6.01. The summed E-state index contributed by atoms with van der Waals surface area (Å²) in [5.74, 6) is 0. The Bertz CT molecular complexity index is 333. The van der Waals surface area contributed by atoms with Gasteiger partial charge in [0.1, 0.15) is 25.7 Å². The molecule has 0 aromatic heterocycles. The number of carbonyl (C=O) groups is 1. The van der Waals surface area contributed by atoms with Crippen LogP contribution < -0.4 is 0 Å². The van der Waals surface area contributed by atoms with Crippen LogP contribution in [-0.2, 0) is 4.79 Å². The Morgan fingerprint density at radius 3 is 2.50 bits per heavy atom. The maximum atomic E-state index is 11.0. The Kier molecular flexibility index (Phi) is 1.78. The van der Waals surface area contributed by atoms with Crippen LogP contribution in [0.3, 0.4) is 0 Å². The van der Waals surface area contributed by atoms with Crippen molar-refractivity contribution in [3.05, 3.63) is 0 Å². The fourth-order valence-electron chi connectivity index (χ4n) is 0.392. The standard InChI is InChI=1S/C6H12O6/c7-1-3(9)5(11)6(12)4(10)2-8/h1,3-6,8-12H,2H2/t3?,4-,5?,6?/m1/s1/i1+1D,2+1,3+1D,4+1,5+1D,6+1D,9D,11D,12D. The van der Waals surface area contributed by atoms with Crippen molar-refractivity contribution in [2.75, 3.05) is 6.61 Å². The lowest BCUT2D eigenvalue weighted by molar-refractivity contribution is -0.136. The first-order valence-corrected chi connectivity index (χ1v) is 2.84. The molecule has 0 amide bonds. The summed E-state index contributed by atoms with van der Waals surface area (Å²) in [6, 6.07) is 0. The maximum absolute atomic E-state index is 11.0. The molecule has 3 unspecified atom stereocenters. The smallest absolute Gasteiger partial charge is 0.211 e. The lowest BCUT2D eigenvalue weighted by atomic mass is 11.0. The highest BCUT2D eigenvalue weighted by molar-refractivity contribution is 5.56. The number of aldehydes is 1. The van der Waals surface area contributed by atoms with Crippen LogP contribution in [0.25, 0.3) is 0 Å². The molecule has 72 valence electrons. The van der Waals surface area contributed by atoms with Gasteiger partial charge in [0.05, 0.1) is 10.7 Å². The number of aliphatic hydroxyl groups is 5. The second-order valence-electron chi connectivity index (χ2n) is 1.82.